The molecule has 2 heterocycles. The first-order chi connectivity index (χ1) is 9.20. The second kappa shape index (κ2) is 6.65. The van der Waals surface area contributed by atoms with Gasteiger partial charge in [0.1, 0.15) is 0 Å². The lowest BCUT2D eigenvalue weighted by atomic mass is 10.0. The number of amides is 4. The molecule has 0 bridgehead atoms. The summed E-state index contributed by atoms with van der Waals surface area (Å²) in [7, 11) is 0. The van der Waals surface area contributed by atoms with Gasteiger partial charge in [0.05, 0.1) is 12.1 Å². The smallest absolute Gasteiger partial charge is 0.315 e. The van der Waals surface area contributed by atoms with Crippen LogP contribution < -0.4 is 21.5 Å². The highest BCUT2D eigenvalue weighted by Gasteiger charge is 2.42. The SMILES string of the molecule is O=CNNC(=O)CCCCC1SCC2NC(=O)NC21. The molecule has 8 heteroatoms. The second-order valence-electron chi connectivity index (χ2n) is 4.68. The Balaban J connectivity index is 1.60. The summed E-state index contributed by atoms with van der Waals surface area (Å²) in [6.45, 7) is 0. The average Bonchev–Trinajstić information content (AvgIpc) is 2.92. The second-order valence-corrected chi connectivity index (χ2v) is 5.95. The van der Waals surface area contributed by atoms with E-state index in [1.54, 1.807) is 0 Å². The van der Waals surface area contributed by atoms with Gasteiger partial charge in [-0.1, -0.05) is 6.42 Å². The number of carbonyl (C=O) groups is 3. The molecule has 2 aliphatic heterocycles. The molecule has 4 amide bonds. The molecule has 19 heavy (non-hydrogen) atoms. The Morgan fingerprint density at radius 2 is 2.26 bits per heavy atom. The number of fused-ring (bicyclic) bond motifs is 1. The van der Waals surface area contributed by atoms with E-state index in [1.807, 2.05) is 11.8 Å². The Morgan fingerprint density at radius 1 is 1.42 bits per heavy atom. The molecule has 0 aromatic heterocycles. The van der Waals surface area contributed by atoms with Crippen LogP contribution in [0.3, 0.4) is 0 Å². The van der Waals surface area contributed by atoms with Crippen molar-refractivity contribution < 1.29 is 14.4 Å². The van der Waals surface area contributed by atoms with Crippen molar-refractivity contribution in [3.8, 4) is 0 Å². The number of thioether (sulfide) groups is 1. The zero-order chi connectivity index (χ0) is 13.7. The molecule has 0 radical (unpaired) electrons. The first-order valence-corrected chi connectivity index (χ1v) is 7.42. The molecule has 0 saturated carbocycles. The molecule has 2 saturated heterocycles. The minimum Gasteiger partial charge on any atom is -0.332 e. The third kappa shape index (κ3) is 3.76. The Hall–Kier alpha value is -1.44. The molecule has 0 aliphatic carbocycles. The van der Waals surface area contributed by atoms with E-state index < -0.39 is 0 Å². The fraction of sp³-hybridized carbons (Fsp3) is 0.727. The van der Waals surface area contributed by atoms with Crippen molar-refractivity contribution in [3.05, 3.63) is 0 Å². The Bertz CT molecular complexity index is 366. The van der Waals surface area contributed by atoms with Gasteiger partial charge in [-0.2, -0.15) is 11.8 Å². The summed E-state index contributed by atoms with van der Waals surface area (Å²) in [5.74, 6) is 0.776. The molecule has 3 atom stereocenters. The monoisotopic (exact) mass is 286 g/mol. The van der Waals surface area contributed by atoms with Gasteiger partial charge in [-0.25, -0.2) is 4.79 Å². The van der Waals surface area contributed by atoms with Crippen molar-refractivity contribution >= 4 is 30.1 Å². The molecule has 0 spiro atoms. The van der Waals surface area contributed by atoms with Crippen LogP contribution in [0.2, 0.25) is 0 Å². The highest BCUT2D eigenvalue weighted by Crippen LogP contribution is 2.33. The predicted molar refractivity (Wildman–Crippen MR) is 71.3 cm³/mol. The van der Waals surface area contributed by atoms with Gasteiger partial charge >= 0.3 is 6.03 Å². The maximum atomic E-state index is 11.2. The van der Waals surface area contributed by atoms with Crippen LogP contribution >= 0.6 is 11.8 Å². The average molecular weight is 286 g/mol. The lowest BCUT2D eigenvalue weighted by Crippen LogP contribution is -2.37. The number of unbranched alkanes of at least 4 members (excludes halogenated alkanes) is 1. The largest absolute Gasteiger partial charge is 0.332 e. The normalized spacial score (nSPS) is 28.2. The van der Waals surface area contributed by atoms with Crippen LogP contribution in [0.25, 0.3) is 0 Å². The third-order valence-electron chi connectivity index (χ3n) is 3.35. The van der Waals surface area contributed by atoms with E-state index in [0.29, 0.717) is 18.1 Å². The molecule has 7 nitrogen and oxygen atoms in total. The minimum atomic E-state index is -0.181. The quantitative estimate of drug-likeness (QED) is 0.219. The summed E-state index contributed by atoms with van der Waals surface area (Å²) >= 11 is 1.87. The molecular formula is C11H18N4O3S. The number of rotatable bonds is 7. The summed E-state index contributed by atoms with van der Waals surface area (Å²) in [5.41, 5.74) is 4.40. The molecule has 2 fully saturated rings. The van der Waals surface area contributed by atoms with E-state index in [4.69, 9.17) is 0 Å². The summed E-state index contributed by atoms with van der Waals surface area (Å²) in [4.78, 5) is 32.4. The van der Waals surface area contributed by atoms with Gasteiger partial charge in [0.25, 0.3) is 0 Å². The zero-order valence-corrected chi connectivity index (χ0v) is 11.3. The summed E-state index contributed by atoms with van der Waals surface area (Å²) in [5, 5.41) is 6.28. The fourth-order valence-electron chi connectivity index (χ4n) is 2.45. The number of carbonyl (C=O) groups excluding carboxylic acids is 3. The van der Waals surface area contributed by atoms with Crippen LogP contribution in [-0.2, 0) is 9.59 Å². The molecule has 0 aromatic carbocycles. The summed E-state index contributed by atoms with van der Waals surface area (Å²) in [6, 6.07) is 0.408. The lowest BCUT2D eigenvalue weighted by molar-refractivity contribution is -0.124. The molecule has 4 N–H and O–H groups in total. The summed E-state index contributed by atoms with van der Waals surface area (Å²) < 4.78 is 0. The van der Waals surface area contributed by atoms with Crippen LogP contribution in [0, 0.1) is 0 Å². The van der Waals surface area contributed by atoms with Crippen molar-refractivity contribution in [3.63, 3.8) is 0 Å². The standard InChI is InChI=1S/C11H18N4O3S/c16-6-12-15-9(17)4-2-1-3-8-10-7(5-19-8)13-11(18)14-10/h6-8,10H,1-5H2,(H,12,16)(H,15,17)(H2,13,14,18). The number of hydrazine groups is 1. The fourth-order valence-corrected chi connectivity index (χ4v) is 3.99. The van der Waals surface area contributed by atoms with Crippen molar-refractivity contribution in [2.75, 3.05) is 5.75 Å². The molecule has 2 rings (SSSR count). The molecule has 106 valence electrons. The van der Waals surface area contributed by atoms with E-state index in [9.17, 15) is 14.4 Å². The van der Waals surface area contributed by atoms with Gasteiger partial charge in [0.2, 0.25) is 12.3 Å². The van der Waals surface area contributed by atoms with E-state index in [0.717, 1.165) is 25.0 Å². The van der Waals surface area contributed by atoms with E-state index in [1.165, 1.54) is 0 Å². The van der Waals surface area contributed by atoms with Gasteiger partial charge in [-0.15, -0.1) is 0 Å². The van der Waals surface area contributed by atoms with Crippen molar-refractivity contribution in [2.45, 2.75) is 43.0 Å². The van der Waals surface area contributed by atoms with Crippen LogP contribution in [0.1, 0.15) is 25.7 Å². The Kier molecular flexibility index (Phi) is 4.89. The van der Waals surface area contributed by atoms with Crippen LogP contribution in [-0.4, -0.2) is 41.4 Å². The number of hydrogen-bond donors (Lipinski definition) is 4. The first kappa shape index (κ1) is 14.0. The topological polar surface area (TPSA) is 99.3 Å². The Labute approximate surface area is 115 Å². The maximum Gasteiger partial charge on any atom is 0.315 e. The van der Waals surface area contributed by atoms with Crippen molar-refractivity contribution in [1.29, 1.82) is 0 Å². The van der Waals surface area contributed by atoms with Gasteiger partial charge in [0.15, 0.2) is 0 Å². The molecule has 2 aliphatic rings. The third-order valence-corrected chi connectivity index (χ3v) is 4.86. The number of hydrogen-bond acceptors (Lipinski definition) is 4. The molecule has 0 aromatic rings. The molecule has 3 unspecified atom stereocenters. The first-order valence-electron chi connectivity index (χ1n) is 6.37. The zero-order valence-electron chi connectivity index (χ0n) is 10.5. The van der Waals surface area contributed by atoms with Crippen molar-refractivity contribution in [1.82, 2.24) is 21.5 Å². The Morgan fingerprint density at radius 3 is 3.05 bits per heavy atom. The van der Waals surface area contributed by atoms with Gasteiger partial charge in [0, 0.05) is 17.4 Å². The van der Waals surface area contributed by atoms with E-state index in [-0.39, 0.29) is 24.0 Å². The van der Waals surface area contributed by atoms with Gasteiger partial charge < -0.3 is 10.6 Å². The van der Waals surface area contributed by atoms with E-state index in [2.05, 4.69) is 21.5 Å². The number of urea groups is 1. The highest BCUT2D eigenvalue weighted by atomic mass is 32.2. The molecular weight excluding hydrogens is 268 g/mol. The van der Waals surface area contributed by atoms with E-state index >= 15 is 0 Å². The van der Waals surface area contributed by atoms with Gasteiger partial charge in [-0.3, -0.25) is 20.4 Å². The van der Waals surface area contributed by atoms with Crippen molar-refractivity contribution in [2.24, 2.45) is 0 Å². The van der Waals surface area contributed by atoms with Crippen LogP contribution in [0.5, 0.6) is 0 Å². The number of nitrogens with one attached hydrogen (secondary N) is 4. The highest BCUT2D eigenvalue weighted by molar-refractivity contribution is 8.00. The summed E-state index contributed by atoms with van der Waals surface area (Å²) in [6.07, 6.45) is 3.54. The minimum absolute atomic E-state index is 0.0698. The van der Waals surface area contributed by atoms with Crippen LogP contribution in [0.15, 0.2) is 0 Å². The van der Waals surface area contributed by atoms with Gasteiger partial charge in [-0.05, 0) is 12.8 Å². The predicted octanol–water partition coefficient (Wildman–Crippen LogP) is -0.511. The lowest BCUT2D eigenvalue weighted by Gasteiger charge is -2.16. The van der Waals surface area contributed by atoms with Crippen LogP contribution in [0.4, 0.5) is 4.79 Å². The maximum absolute atomic E-state index is 11.2.